The number of rotatable bonds is 2. The zero-order valence-corrected chi connectivity index (χ0v) is 9.95. The molecule has 3 heteroatoms. The van der Waals surface area contributed by atoms with Crippen LogP contribution in [0.2, 0.25) is 5.02 Å². The van der Waals surface area contributed by atoms with Crippen LogP contribution in [0.1, 0.15) is 18.4 Å². The zero-order chi connectivity index (χ0) is 11.4. The molecule has 1 aromatic rings. The molecular formula is C13H15ClN2. The molecule has 0 saturated carbocycles. The van der Waals surface area contributed by atoms with Gasteiger partial charge in [0.2, 0.25) is 0 Å². The third-order valence-corrected chi connectivity index (χ3v) is 3.41. The van der Waals surface area contributed by atoms with Crippen molar-refractivity contribution in [3.05, 3.63) is 34.9 Å². The number of hydrogen-bond donors (Lipinski definition) is 0. The highest BCUT2D eigenvalue weighted by atomic mass is 35.5. The molecule has 1 atom stereocenters. The van der Waals surface area contributed by atoms with Crippen LogP contribution in [0.4, 0.5) is 0 Å². The zero-order valence-electron chi connectivity index (χ0n) is 9.19. The van der Waals surface area contributed by atoms with E-state index in [2.05, 4.69) is 17.0 Å². The SMILES string of the molecule is N#CC1CCCN(Cc2ccccc2Cl)C1. The summed E-state index contributed by atoms with van der Waals surface area (Å²) in [6.07, 6.45) is 2.15. The Bertz CT molecular complexity index is 397. The molecule has 0 radical (unpaired) electrons. The third-order valence-electron chi connectivity index (χ3n) is 3.04. The van der Waals surface area contributed by atoms with Gasteiger partial charge in [0.15, 0.2) is 0 Å². The fourth-order valence-corrected chi connectivity index (χ4v) is 2.37. The van der Waals surface area contributed by atoms with Gasteiger partial charge >= 0.3 is 0 Å². The Hall–Kier alpha value is -1.04. The molecule has 0 amide bonds. The first-order valence-corrected chi connectivity index (χ1v) is 6.03. The van der Waals surface area contributed by atoms with Crippen LogP contribution < -0.4 is 0 Å². The Morgan fingerprint density at radius 1 is 1.44 bits per heavy atom. The lowest BCUT2D eigenvalue weighted by molar-refractivity contribution is 0.192. The van der Waals surface area contributed by atoms with Gasteiger partial charge in [0, 0.05) is 18.1 Å². The summed E-state index contributed by atoms with van der Waals surface area (Å²) in [4.78, 5) is 2.32. The predicted octanol–water partition coefficient (Wildman–Crippen LogP) is 3.08. The number of halogens is 1. The molecule has 84 valence electrons. The van der Waals surface area contributed by atoms with Crippen molar-refractivity contribution in [3.8, 4) is 6.07 Å². The lowest BCUT2D eigenvalue weighted by atomic mass is 9.99. The van der Waals surface area contributed by atoms with E-state index >= 15 is 0 Å². The first-order valence-electron chi connectivity index (χ1n) is 5.65. The fourth-order valence-electron chi connectivity index (χ4n) is 2.17. The molecule has 16 heavy (non-hydrogen) atoms. The first kappa shape index (κ1) is 11.4. The minimum atomic E-state index is 0.191. The molecule has 1 unspecified atom stereocenters. The highest BCUT2D eigenvalue weighted by Gasteiger charge is 2.19. The van der Waals surface area contributed by atoms with Gasteiger partial charge in [-0.25, -0.2) is 0 Å². The van der Waals surface area contributed by atoms with Crippen LogP contribution >= 0.6 is 11.6 Å². The largest absolute Gasteiger partial charge is 0.298 e. The van der Waals surface area contributed by atoms with Gasteiger partial charge in [0.25, 0.3) is 0 Å². The molecule has 2 rings (SSSR count). The summed E-state index contributed by atoms with van der Waals surface area (Å²) in [5.74, 6) is 0.191. The summed E-state index contributed by atoms with van der Waals surface area (Å²) in [5.41, 5.74) is 1.16. The van der Waals surface area contributed by atoms with Gasteiger partial charge < -0.3 is 0 Å². The summed E-state index contributed by atoms with van der Waals surface area (Å²) in [5, 5.41) is 9.75. The van der Waals surface area contributed by atoms with Crippen LogP contribution in [0.3, 0.4) is 0 Å². The standard InChI is InChI=1S/C13H15ClN2/c14-13-6-2-1-5-12(13)10-16-7-3-4-11(8-15)9-16/h1-2,5-6,11H,3-4,7,9-10H2. The average Bonchev–Trinajstić information content (AvgIpc) is 2.32. The van der Waals surface area contributed by atoms with Crippen molar-refractivity contribution in [1.29, 1.82) is 5.26 Å². The number of nitrogens with zero attached hydrogens (tertiary/aromatic N) is 2. The molecular weight excluding hydrogens is 220 g/mol. The Kier molecular flexibility index (Phi) is 3.82. The first-order chi connectivity index (χ1) is 7.79. The van der Waals surface area contributed by atoms with Crippen molar-refractivity contribution in [2.24, 2.45) is 5.92 Å². The Balaban J connectivity index is 2.00. The second-order valence-electron chi connectivity index (χ2n) is 4.29. The van der Waals surface area contributed by atoms with E-state index in [9.17, 15) is 0 Å². The number of piperidine rings is 1. The van der Waals surface area contributed by atoms with E-state index in [1.165, 1.54) is 0 Å². The number of nitriles is 1. The third kappa shape index (κ3) is 2.75. The van der Waals surface area contributed by atoms with Crippen LogP contribution in [0.5, 0.6) is 0 Å². The molecule has 0 aromatic heterocycles. The maximum atomic E-state index is 8.93. The molecule has 0 N–H and O–H groups in total. The van der Waals surface area contributed by atoms with E-state index in [0.717, 1.165) is 43.1 Å². The topological polar surface area (TPSA) is 27.0 Å². The van der Waals surface area contributed by atoms with Crippen LogP contribution in [0.15, 0.2) is 24.3 Å². The quantitative estimate of drug-likeness (QED) is 0.787. The lowest BCUT2D eigenvalue weighted by Crippen LogP contribution is -2.34. The highest BCUT2D eigenvalue weighted by molar-refractivity contribution is 6.31. The molecule has 0 bridgehead atoms. The normalized spacial score (nSPS) is 21.6. The van der Waals surface area contributed by atoms with Crippen LogP contribution in [-0.2, 0) is 6.54 Å². The molecule has 1 heterocycles. The summed E-state index contributed by atoms with van der Waals surface area (Å²) < 4.78 is 0. The van der Waals surface area contributed by atoms with Crippen LogP contribution in [0, 0.1) is 17.2 Å². The van der Waals surface area contributed by atoms with Crippen molar-refractivity contribution in [2.45, 2.75) is 19.4 Å². The van der Waals surface area contributed by atoms with Crippen molar-refractivity contribution in [3.63, 3.8) is 0 Å². The maximum Gasteiger partial charge on any atom is 0.0669 e. The summed E-state index contributed by atoms with van der Waals surface area (Å²) in [6.45, 7) is 2.81. The van der Waals surface area contributed by atoms with E-state index in [4.69, 9.17) is 16.9 Å². The minimum Gasteiger partial charge on any atom is -0.298 e. The molecule has 1 fully saturated rings. The van der Waals surface area contributed by atoms with Crippen LogP contribution in [-0.4, -0.2) is 18.0 Å². The Labute approximate surface area is 101 Å². The van der Waals surface area contributed by atoms with E-state index in [1.54, 1.807) is 0 Å². The highest BCUT2D eigenvalue weighted by Crippen LogP contribution is 2.21. The van der Waals surface area contributed by atoms with Crippen molar-refractivity contribution >= 4 is 11.6 Å². The Morgan fingerprint density at radius 3 is 3.00 bits per heavy atom. The summed E-state index contributed by atoms with van der Waals surface area (Å²) in [7, 11) is 0. The fraction of sp³-hybridized carbons (Fsp3) is 0.462. The Morgan fingerprint density at radius 2 is 2.25 bits per heavy atom. The van der Waals surface area contributed by atoms with Crippen molar-refractivity contribution in [1.82, 2.24) is 4.90 Å². The van der Waals surface area contributed by atoms with Gasteiger partial charge in [0.1, 0.15) is 0 Å². The van der Waals surface area contributed by atoms with Gasteiger partial charge in [-0.15, -0.1) is 0 Å². The van der Waals surface area contributed by atoms with Crippen LogP contribution in [0.25, 0.3) is 0 Å². The monoisotopic (exact) mass is 234 g/mol. The summed E-state index contributed by atoms with van der Waals surface area (Å²) in [6, 6.07) is 10.3. The van der Waals surface area contributed by atoms with Crippen molar-refractivity contribution < 1.29 is 0 Å². The number of benzene rings is 1. The minimum absolute atomic E-state index is 0.191. The number of likely N-dealkylation sites (tertiary alicyclic amines) is 1. The predicted molar refractivity (Wildman–Crippen MR) is 65.1 cm³/mol. The van der Waals surface area contributed by atoms with Gasteiger partial charge in [0.05, 0.1) is 12.0 Å². The second kappa shape index (κ2) is 5.34. The van der Waals surface area contributed by atoms with Gasteiger partial charge in [-0.1, -0.05) is 29.8 Å². The molecule has 1 aliphatic rings. The molecule has 1 aromatic carbocycles. The van der Waals surface area contributed by atoms with Gasteiger partial charge in [-0.3, -0.25) is 4.90 Å². The van der Waals surface area contributed by atoms with E-state index in [-0.39, 0.29) is 5.92 Å². The maximum absolute atomic E-state index is 8.93. The van der Waals surface area contributed by atoms with Crippen molar-refractivity contribution in [2.75, 3.05) is 13.1 Å². The number of hydrogen-bond acceptors (Lipinski definition) is 2. The molecule has 1 aliphatic heterocycles. The summed E-state index contributed by atoms with van der Waals surface area (Å²) >= 11 is 6.12. The van der Waals surface area contributed by atoms with E-state index < -0.39 is 0 Å². The molecule has 0 spiro atoms. The molecule has 2 nitrogen and oxygen atoms in total. The van der Waals surface area contributed by atoms with Gasteiger partial charge in [-0.2, -0.15) is 5.26 Å². The second-order valence-corrected chi connectivity index (χ2v) is 4.70. The lowest BCUT2D eigenvalue weighted by Gasteiger charge is -2.29. The molecule has 1 saturated heterocycles. The van der Waals surface area contributed by atoms with Gasteiger partial charge in [-0.05, 0) is 31.0 Å². The van der Waals surface area contributed by atoms with E-state index in [1.807, 2.05) is 18.2 Å². The average molecular weight is 235 g/mol. The molecule has 0 aliphatic carbocycles. The van der Waals surface area contributed by atoms with E-state index in [0.29, 0.717) is 0 Å². The smallest absolute Gasteiger partial charge is 0.0669 e.